The molecule has 2 N–H and O–H groups in total. The number of aliphatic hydroxyl groups excluding tert-OH is 1. The maximum atomic E-state index is 13.8. The molecule has 11 heteroatoms. The van der Waals surface area contributed by atoms with Crippen LogP contribution in [0.4, 0.5) is 9.18 Å². The van der Waals surface area contributed by atoms with Crippen LogP contribution in [-0.2, 0) is 11.2 Å². The Morgan fingerprint density at radius 2 is 2.03 bits per heavy atom. The predicted molar refractivity (Wildman–Crippen MR) is 113 cm³/mol. The molecule has 0 aliphatic carbocycles. The van der Waals surface area contributed by atoms with Crippen LogP contribution in [0.15, 0.2) is 41.1 Å². The molecule has 170 valence electrons. The summed E-state index contributed by atoms with van der Waals surface area (Å²) in [6.45, 7) is 4.88. The van der Waals surface area contributed by atoms with E-state index in [2.05, 4.69) is 20.4 Å². The Hall–Kier alpha value is -3.24. The maximum absolute atomic E-state index is 13.8. The van der Waals surface area contributed by atoms with Crippen LogP contribution in [-0.4, -0.2) is 44.6 Å². The molecule has 2 heterocycles. The zero-order valence-electron chi connectivity index (χ0n) is 17.6. The number of aliphatic hydroxyl groups is 1. The first-order valence-electron chi connectivity index (χ1n) is 9.65. The van der Waals surface area contributed by atoms with Gasteiger partial charge in [0.05, 0.1) is 17.7 Å². The molecule has 1 amide bonds. The highest BCUT2D eigenvalue weighted by Crippen LogP contribution is 2.26. The first kappa shape index (κ1) is 23.4. The Balaban J connectivity index is 1.62. The van der Waals surface area contributed by atoms with Gasteiger partial charge in [0.1, 0.15) is 11.4 Å². The number of nitrogens with zero attached hydrogens (tertiary/aromatic N) is 3. The molecule has 0 radical (unpaired) electrons. The minimum Gasteiger partial charge on any atom is -0.444 e. The molecule has 9 nitrogen and oxygen atoms in total. The van der Waals surface area contributed by atoms with Gasteiger partial charge in [0, 0.05) is 18.2 Å². The number of hydrogen-bond donors (Lipinski definition) is 2. The van der Waals surface area contributed by atoms with Crippen molar-refractivity contribution in [3.05, 3.63) is 53.3 Å². The number of pyridine rings is 1. The highest BCUT2D eigenvalue weighted by molar-refractivity contribution is 6.30. The van der Waals surface area contributed by atoms with Crippen molar-refractivity contribution in [2.75, 3.05) is 6.61 Å². The quantitative estimate of drug-likeness (QED) is 0.535. The zero-order chi connectivity index (χ0) is 23.3. The molecule has 32 heavy (non-hydrogen) atoms. The Morgan fingerprint density at radius 3 is 2.66 bits per heavy atom. The van der Waals surface area contributed by atoms with Gasteiger partial charge in [-0.2, -0.15) is 4.98 Å². The average molecular weight is 465 g/mol. The number of amides is 1. The molecular weight excluding hydrogens is 443 g/mol. The van der Waals surface area contributed by atoms with Crippen molar-refractivity contribution < 1.29 is 28.3 Å². The normalized spacial score (nSPS) is 12.3. The van der Waals surface area contributed by atoms with Gasteiger partial charge >= 0.3 is 6.09 Å². The van der Waals surface area contributed by atoms with Gasteiger partial charge in [-0.15, -0.1) is 0 Å². The number of aromatic nitrogens is 3. The van der Waals surface area contributed by atoms with Crippen molar-refractivity contribution in [1.82, 2.24) is 20.4 Å². The highest BCUT2D eigenvalue weighted by atomic mass is 35.5. The lowest BCUT2D eigenvalue weighted by Gasteiger charge is -2.22. The van der Waals surface area contributed by atoms with E-state index in [0.717, 1.165) is 6.07 Å². The van der Waals surface area contributed by atoms with E-state index >= 15 is 0 Å². The van der Waals surface area contributed by atoms with Crippen molar-refractivity contribution in [3.63, 3.8) is 0 Å². The van der Waals surface area contributed by atoms with Gasteiger partial charge in [0.2, 0.25) is 11.7 Å². The first-order valence-corrected chi connectivity index (χ1v) is 10.0. The third kappa shape index (κ3) is 6.63. The molecule has 0 bridgehead atoms. The number of nitrogens with one attached hydrogen (secondary N) is 1. The number of halogens is 2. The molecule has 3 rings (SSSR count). The first-order chi connectivity index (χ1) is 15.1. The summed E-state index contributed by atoms with van der Waals surface area (Å²) in [6, 6.07) is 6.98. The van der Waals surface area contributed by atoms with E-state index in [0.29, 0.717) is 17.1 Å². The maximum Gasteiger partial charge on any atom is 0.407 e. The summed E-state index contributed by atoms with van der Waals surface area (Å²) >= 11 is 5.68. The van der Waals surface area contributed by atoms with Crippen molar-refractivity contribution >= 4 is 17.7 Å². The minimum absolute atomic E-state index is 0.117. The molecule has 0 saturated carbocycles. The zero-order valence-corrected chi connectivity index (χ0v) is 18.4. The van der Waals surface area contributed by atoms with Crippen LogP contribution >= 0.6 is 11.6 Å². The van der Waals surface area contributed by atoms with Gasteiger partial charge in [0.25, 0.3) is 5.88 Å². The third-order valence-corrected chi connectivity index (χ3v) is 4.14. The van der Waals surface area contributed by atoms with Gasteiger partial charge in [-0.25, -0.2) is 14.2 Å². The van der Waals surface area contributed by atoms with Crippen LogP contribution < -0.4 is 10.1 Å². The van der Waals surface area contributed by atoms with E-state index in [1.807, 2.05) is 0 Å². The van der Waals surface area contributed by atoms with Crippen LogP contribution in [0.1, 0.15) is 26.7 Å². The minimum atomic E-state index is -0.678. The average Bonchev–Trinajstić information content (AvgIpc) is 3.17. The van der Waals surface area contributed by atoms with E-state index in [-0.39, 0.29) is 29.8 Å². The topological polar surface area (TPSA) is 120 Å². The van der Waals surface area contributed by atoms with Gasteiger partial charge in [-0.3, -0.25) is 0 Å². The molecule has 1 aromatic carbocycles. The fourth-order valence-electron chi connectivity index (χ4n) is 2.56. The standard InChI is InChI=1S/C21H22ClFN4O5/c1-21(2,3)31-20(29)25-14(11-28)9-17-26-18(27-32-17)12-4-6-15(7-5-12)30-19-16(23)8-13(22)10-24-19/h4-8,10,14,28H,9,11H2,1-3H3,(H,25,29). The van der Waals surface area contributed by atoms with E-state index in [4.69, 9.17) is 25.6 Å². The molecule has 3 aromatic rings. The Bertz CT molecular complexity index is 1070. The lowest BCUT2D eigenvalue weighted by molar-refractivity contribution is 0.0480. The van der Waals surface area contributed by atoms with E-state index in [1.165, 1.54) is 6.20 Å². The van der Waals surface area contributed by atoms with Gasteiger partial charge < -0.3 is 24.4 Å². The van der Waals surface area contributed by atoms with Gasteiger partial charge in [-0.1, -0.05) is 16.8 Å². The van der Waals surface area contributed by atoms with Crippen LogP contribution in [0, 0.1) is 5.82 Å². The number of ether oxygens (including phenoxy) is 2. The summed E-state index contributed by atoms with van der Waals surface area (Å²) in [5, 5.41) is 16.2. The number of hydrogen-bond acceptors (Lipinski definition) is 8. The number of benzene rings is 1. The van der Waals surface area contributed by atoms with Gasteiger partial charge in [-0.05, 0) is 51.1 Å². The lowest BCUT2D eigenvalue weighted by Crippen LogP contribution is -2.42. The fourth-order valence-corrected chi connectivity index (χ4v) is 2.71. The molecule has 0 saturated heterocycles. The summed E-state index contributed by atoms with van der Waals surface area (Å²) in [5.74, 6) is 0.00613. The summed E-state index contributed by atoms with van der Waals surface area (Å²) in [5.41, 5.74) is -0.0370. The monoisotopic (exact) mass is 464 g/mol. The molecule has 1 atom stereocenters. The number of carbonyl (C=O) groups excluding carboxylic acids is 1. The molecule has 0 aliphatic rings. The van der Waals surface area contributed by atoms with Crippen molar-refractivity contribution in [1.29, 1.82) is 0 Å². The summed E-state index contributed by atoms with van der Waals surface area (Å²) in [6.07, 6.45) is 0.747. The van der Waals surface area contributed by atoms with Crippen molar-refractivity contribution in [2.45, 2.75) is 38.8 Å². The number of carbonyl (C=O) groups is 1. The largest absolute Gasteiger partial charge is 0.444 e. The van der Waals surface area contributed by atoms with Crippen LogP contribution in [0.2, 0.25) is 5.02 Å². The summed E-state index contributed by atoms with van der Waals surface area (Å²) < 4.78 is 29.6. The van der Waals surface area contributed by atoms with Gasteiger partial charge in [0.15, 0.2) is 5.82 Å². The molecule has 1 unspecified atom stereocenters. The third-order valence-electron chi connectivity index (χ3n) is 3.93. The highest BCUT2D eigenvalue weighted by Gasteiger charge is 2.21. The Kier molecular flexibility index (Phi) is 7.26. The molecular formula is C21H22ClFN4O5. The fraction of sp³-hybridized carbons (Fsp3) is 0.333. The molecule has 0 fully saturated rings. The Morgan fingerprint density at radius 1 is 1.31 bits per heavy atom. The number of alkyl carbamates (subject to hydrolysis) is 1. The SMILES string of the molecule is CC(C)(C)OC(=O)NC(CO)Cc1nc(-c2ccc(Oc3ncc(Cl)cc3F)cc2)no1. The predicted octanol–water partition coefficient (Wildman–Crippen LogP) is 4.14. The van der Waals surface area contributed by atoms with Crippen molar-refractivity contribution in [3.8, 4) is 23.0 Å². The summed E-state index contributed by atoms with van der Waals surface area (Å²) in [7, 11) is 0. The second kappa shape index (κ2) is 9.92. The molecule has 0 aliphatic heterocycles. The van der Waals surface area contributed by atoms with E-state index in [1.54, 1.807) is 45.0 Å². The Labute approximate surface area is 188 Å². The van der Waals surface area contributed by atoms with Crippen LogP contribution in [0.3, 0.4) is 0 Å². The van der Waals surface area contributed by atoms with Crippen LogP contribution in [0.5, 0.6) is 11.6 Å². The second-order valence-corrected chi connectivity index (χ2v) is 8.24. The lowest BCUT2D eigenvalue weighted by atomic mass is 10.2. The van der Waals surface area contributed by atoms with Crippen LogP contribution in [0.25, 0.3) is 11.4 Å². The van der Waals surface area contributed by atoms with E-state index in [9.17, 15) is 14.3 Å². The summed E-state index contributed by atoms with van der Waals surface area (Å²) in [4.78, 5) is 20.0. The molecule has 0 spiro atoms. The number of rotatable bonds is 7. The molecule has 2 aromatic heterocycles. The smallest absolute Gasteiger partial charge is 0.407 e. The van der Waals surface area contributed by atoms with E-state index < -0.39 is 23.6 Å². The second-order valence-electron chi connectivity index (χ2n) is 7.81. The van der Waals surface area contributed by atoms with Crippen molar-refractivity contribution in [2.24, 2.45) is 0 Å².